The molecule has 3 aromatic carbocycles. The lowest BCUT2D eigenvalue weighted by Crippen LogP contribution is -2.53. The lowest BCUT2D eigenvalue weighted by molar-refractivity contribution is -0.139. The SMILES string of the molecule is COc1ccc([C@H]2C3=CC[C@@H]4C(=O)N(C(N)=O)C(=O)[C@@H]4[C@@H]3C[C@H]3C(=O)N(Nc4ccc(C)cc4)C(=O)[C@@]23c2ccccc2)c(O)c1. The van der Waals surface area contributed by atoms with Gasteiger partial charge in [0.15, 0.2) is 0 Å². The van der Waals surface area contributed by atoms with Crippen molar-refractivity contribution in [3.63, 3.8) is 0 Å². The highest BCUT2D eigenvalue weighted by Gasteiger charge is 2.70. The number of nitrogens with zero attached hydrogens (tertiary/aromatic N) is 2. The van der Waals surface area contributed by atoms with Crippen molar-refractivity contribution in [3.05, 3.63) is 101 Å². The monoisotopic (exact) mass is 620 g/mol. The number of allylic oxidation sites excluding steroid dienone is 2. The van der Waals surface area contributed by atoms with Crippen LogP contribution in [0.2, 0.25) is 0 Å². The van der Waals surface area contributed by atoms with Gasteiger partial charge >= 0.3 is 6.03 Å². The van der Waals surface area contributed by atoms with Crippen LogP contribution in [-0.4, -0.2) is 51.8 Å². The Kier molecular flexibility index (Phi) is 6.73. The first kappa shape index (κ1) is 29.3. The zero-order valence-electron chi connectivity index (χ0n) is 25.2. The summed E-state index contributed by atoms with van der Waals surface area (Å²) in [6, 6.07) is 19.9. The number of hydrogen-bond donors (Lipinski definition) is 3. The predicted octanol–water partition coefficient (Wildman–Crippen LogP) is 3.77. The van der Waals surface area contributed by atoms with E-state index in [0.717, 1.165) is 10.6 Å². The van der Waals surface area contributed by atoms with Crippen molar-refractivity contribution in [2.75, 3.05) is 12.5 Å². The number of anilines is 1. The molecule has 4 aliphatic rings. The van der Waals surface area contributed by atoms with E-state index in [0.29, 0.717) is 33.0 Å². The van der Waals surface area contributed by atoms with Gasteiger partial charge in [0.25, 0.3) is 11.8 Å². The minimum absolute atomic E-state index is 0.0532. The standard InChI is InChI=1S/C35H32N4O7/c1-18-8-10-20(11-9-18)37-39-31(42)26-17-25-22(14-15-24-28(25)32(43)38(30(24)41)34(36)45)29(23-13-12-21(46-2)16-27(23)40)35(26,33(39)44)19-6-4-3-5-7-19/h3-14,16,24-26,28-29,37,40H,15,17H2,1-2H3,(H2,36,45)/t24-,25+,26-,28-,29+,35+/m0/s1. The summed E-state index contributed by atoms with van der Waals surface area (Å²) in [5, 5.41) is 12.5. The fraction of sp³-hybridized carbons (Fsp3) is 0.286. The Morgan fingerprint density at radius 2 is 1.67 bits per heavy atom. The number of hydrazine groups is 1. The van der Waals surface area contributed by atoms with E-state index in [1.165, 1.54) is 13.2 Å². The van der Waals surface area contributed by atoms with Gasteiger partial charge in [0.05, 0.1) is 36.0 Å². The number of carbonyl (C=O) groups excluding carboxylic acids is 5. The first-order valence-electron chi connectivity index (χ1n) is 15.1. The number of aryl methyl sites for hydroxylation is 1. The summed E-state index contributed by atoms with van der Waals surface area (Å²) in [6.07, 6.45) is 2.02. The Bertz CT molecular complexity index is 1840. The number of amides is 6. The van der Waals surface area contributed by atoms with Crippen molar-refractivity contribution < 1.29 is 33.8 Å². The maximum Gasteiger partial charge on any atom is 0.328 e. The number of likely N-dealkylation sites (tertiary alicyclic amines) is 1. The third-order valence-electron chi connectivity index (χ3n) is 10.2. The van der Waals surface area contributed by atoms with Gasteiger partial charge in [-0.05, 0) is 49.4 Å². The molecule has 3 fully saturated rings. The van der Waals surface area contributed by atoms with Crippen LogP contribution in [0.5, 0.6) is 11.5 Å². The van der Waals surface area contributed by atoms with Gasteiger partial charge in [-0.1, -0.05) is 65.7 Å². The Labute approximate surface area is 264 Å². The molecule has 2 aliphatic carbocycles. The minimum Gasteiger partial charge on any atom is -0.508 e. The van der Waals surface area contributed by atoms with Crippen molar-refractivity contribution in [1.29, 1.82) is 0 Å². The predicted molar refractivity (Wildman–Crippen MR) is 165 cm³/mol. The number of rotatable bonds is 5. The van der Waals surface area contributed by atoms with Gasteiger partial charge in [0.1, 0.15) is 11.5 Å². The largest absolute Gasteiger partial charge is 0.508 e. The average molecular weight is 621 g/mol. The maximum absolute atomic E-state index is 15.0. The Morgan fingerprint density at radius 3 is 2.33 bits per heavy atom. The smallest absolute Gasteiger partial charge is 0.328 e. The molecular formula is C35H32N4O7. The van der Waals surface area contributed by atoms with Crippen LogP contribution >= 0.6 is 0 Å². The number of aromatic hydroxyl groups is 1. The first-order chi connectivity index (χ1) is 22.1. The molecule has 7 rings (SSSR count). The molecule has 234 valence electrons. The van der Waals surface area contributed by atoms with Crippen molar-refractivity contribution in [2.45, 2.75) is 31.1 Å². The summed E-state index contributed by atoms with van der Waals surface area (Å²) in [5.41, 5.74) is 10.1. The molecule has 0 aromatic heterocycles. The molecule has 11 heteroatoms. The number of methoxy groups -OCH3 is 1. The van der Waals surface area contributed by atoms with Crippen molar-refractivity contribution >= 4 is 35.3 Å². The van der Waals surface area contributed by atoms with Gasteiger partial charge in [0.2, 0.25) is 11.8 Å². The van der Waals surface area contributed by atoms with Crippen molar-refractivity contribution in [1.82, 2.24) is 9.91 Å². The molecule has 3 aromatic rings. The van der Waals surface area contributed by atoms with Crippen LogP contribution in [0.1, 0.15) is 35.4 Å². The first-order valence-corrected chi connectivity index (χ1v) is 15.1. The summed E-state index contributed by atoms with van der Waals surface area (Å²) in [5.74, 6) is -6.56. The fourth-order valence-electron chi connectivity index (χ4n) is 8.20. The minimum atomic E-state index is -1.54. The quantitative estimate of drug-likeness (QED) is 0.287. The molecule has 2 heterocycles. The fourth-order valence-corrected chi connectivity index (χ4v) is 8.20. The number of urea groups is 1. The van der Waals surface area contributed by atoms with Crippen LogP contribution in [0.3, 0.4) is 0 Å². The molecule has 0 radical (unpaired) electrons. The second-order valence-electron chi connectivity index (χ2n) is 12.4. The summed E-state index contributed by atoms with van der Waals surface area (Å²) in [4.78, 5) is 69.2. The lowest BCUT2D eigenvalue weighted by atomic mass is 9.49. The number of nitrogens with one attached hydrogen (secondary N) is 1. The van der Waals surface area contributed by atoms with Gasteiger partial charge < -0.3 is 15.6 Å². The van der Waals surface area contributed by atoms with E-state index in [9.17, 15) is 24.3 Å². The number of fused-ring (bicyclic) bond motifs is 4. The summed E-state index contributed by atoms with van der Waals surface area (Å²) < 4.78 is 5.34. The highest BCUT2D eigenvalue weighted by Crippen LogP contribution is 2.65. The normalized spacial score (nSPS) is 28.4. The average Bonchev–Trinajstić information content (AvgIpc) is 3.43. The van der Waals surface area contributed by atoms with Crippen LogP contribution in [0.25, 0.3) is 0 Å². The molecule has 1 saturated carbocycles. The summed E-state index contributed by atoms with van der Waals surface area (Å²) >= 11 is 0. The van der Waals surface area contributed by atoms with Gasteiger partial charge in [-0.25, -0.2) is 4.79 Å². The van der Waals surface area contributed by atoms with Crippen LogP contribution in [-0.2, 0) is 24.6 Å². The number of imide groups is 4. The van der Waals surface area contributed by atoms with E-state index in [2.05, 4.69) is 5.43 Å². The highest BCUT2D eigenvalue weighted by atomic mass is 16.5. The van der Waals surface area contributed by atoms with E-state index in [4.69, 9.17) is 10.5 Å². The van der Waals surface area contributed by atoms with E-state index in [1.807, 2.05) is 31.2 Å². The van der Waals surface area contributed by atoms with Crippen LogP contribution in [0.4, 0.5) is 10.5 Å². The van der Waals surface area contributed by atoms with Crippen molar-refractivity contribution in [3.8, 4) is 11.5 Å². The second kappa shape index (κ2) is 10.6. The number of phenols is 1. The molecule has 11 nitrogen and oxygen atoms in total. The zero-order chi connectivity index (χ0) is 32.5. The van der Waals surface area contributed by atoms with Gasteiger partial charge in [-0.3, -0.25) is 24.6 Å². The van der Waals surface area contributed by atoms with Gasteiger partial charge in [0, 0.05) is 17.5 Å². The zero-order valence-corrected chi connectivity index (χ0v) is 25.2. The van der Waals surface area contributed by atoms with Gasteiger partial charge in [-0.15, -0.1) is 0 Å². The molecule has 0 spiro atoms. The molecule has 6 atom stereocenters. The van der Waals surface area contributed by atoms with E-state index < -0.39 is 64.7 Å². The van der Waals surface area contributed by atoms with E-state index >= 15 is 4.79 Å². The number of primary amides is 1. The Balaban J connectivity index is 1.47. The lowest BCUT2D eigenvalue weighted by Gasteiger charge is -2.50. The van der Waals surface area contributed by atoms with Gasteiger partial charge in [-0.2, -0.15) is 9.91 Å². The molecule has 46 heavy (non-hydrogen) atoms. The molecule has 4 N–H and O–H groups in total. The van der Waals surface area contributed by atoms with Crippen LogP contribution < -0.4 is 15.9 Å². The topological polar surface area (TPSA) is 159 Å². The molecule has 2 saturated heterocycles. The third-order valence-corrected chi connectivity index (χ3v) is 10.2. The molecule has 0 unspecified atom stereocenters. The van der Waals surface area contributed by atoms with E-state index in [1.54, 1.807) is 48.5 Å². The maximum atomic E-state index is 15.0. The number of nitrogens with two attached hydrogens (primary N) is 1. The number of carbonyl (C=O) groups is 5. The second-order valence-corrected chi connectivity index (χ2v) is 12.4. The molecular weight excluding hydrogens is 588 g/mol. The van der Waals surface area contributed by atoms with E-state index in [-0.39, 0.29) is 18.6 Å². The van der Waals surface area contributed by atoms with Crippen LogP contribution in [0.15, 0.2) is 84.4 Å². The summed E-state index contributed by atoms with van der Waals surface area (Å²) in [7, 11) is 1.47. The summed E-state index contributed by atoms with van der Waals surface area (Å²) in [6.45, 7) is 1.93. The molecule has 2 aliphatic heterocycles. The third kappa shape index (κ3) is 4.00. The number of ether oxygens (including phenoxy) is 1. The Morgan fingerprint density at radius 1 is 0.957 bits per heavy atom. The molecule has 0 bridgehead atoms. The number of phenolic OH excluding ortho intramolecular Hbond substituents is 1. The number of benzene rings is 3. The highest BCUT2D eigenvalue weighted by molar-refractivity contribution is 6.17. The van der Waals surface area contributed by atoms with Crippen LogP contribution in [0, 0.1) is 30.6 Å². The number of hydrogen-bond acceptors (Lipinski definition) is 8. The van der Waals surface area contributed by atoms with Crippen molar-refractivity contribution in [2.24, 2.45) is 29.4 Å². The molecule has 6 amide bonds. The Hall–Kier alpha value is -5.45.